The molecule has 4 heteroatoms. The summed E-state index contributed by atoms with van der Waals surface area (Å²) >= 11 is 0. The first-order valence-electron chi connectivity index (χ1n) is 7.21. The Morgan fingerprint density at radius 3 is 2.52 bits per heavy atom. The van der Waals surface area contributed by atoms with Gasteiger partial charge in [0.15, 0.2) is 0 Å². The average molecular weight is 282 g/mol. The van der Waals surface area contributed by atoms with Gasteiger partial charge in [0, 0.05) is 24.1 Å². The molecular formula is C17H18N2O2. The van der Waals surface area contributed by atoms with Gasteiger partial charge in [-0.15, -0.1) is 0 Å². The van der Waals surface area contributed by atoms with Gasteiger partial charge in [-0.1, -0.05) is 42.5 Å². The largest absolute Gasteiger partial charge is 0.358 e. The quantitative estimate of drug-likeness (QED) is 0.640. The number of rotatable bonds is 3. The second kappa shape index (κ2) is 5.56. The van der Waals surface area contributed by atoms with Crippen molar-refractivity contribution < 1.29 is 4.92 Å². The predicted octanol–water partition coefficient (Wildman–Crippen LogP) is 3.46. The number of fused-ring (bicyclic) bond motifs is 1. The fourth-order valence-corrected chi connectivity index (χ4v) is 3.14. The van der Waals surface area contributed by atoms with E-state index in [0.717, 1.165) is 24.2 Å². The SMILES string of the molecule is CC([C@H]1c2ccccc2CCN1c1ccccc1)[N+](=O)[O-]. The molecule has 0 amide bonds. The lowest BCUT2D eigenvalue weighted by Gasteiger charge is -2.39. The summed E-state index contributed by atoms with van der Waals surface area (Å²) in [5.74, 6) is 0. The van der Waals surface area contributed by atoms with E-state index < -0.39 is 6.04 Å². The van der Waals surface area contributed by atoms with E-state index in [1.54, 1.807) is 6.92 Å². The van der Waals surface area contributed by atoms with E-state index >= 15 is 0 Å². The van der Waals surface area contributed by atoms with Crippen LogP contribution in [0.1, 0.15) is 24.1 Å². The highest BCUT2D eigenvalue weighted by atomic mass is 16.6. The monoisotopic (exact) mass is 282 g/mol. The van der Waals surface area contributed by atoms with Crippen LogP contribution < -0.4 is 4.90 Å². The molecule has 4 nitrogen and oxygen atoms in total. The van der Waals surface area contributed by atoms with Gasteiger partial charge in [-0.05, 0) is 29.7 Å². The van der Waals surface area contributed by atoms with Gasteiger partial charge in [0.1, 0.15) is 6.04 Å². The second-order valence-electron chi connectivity index (χ2n) is 5.45. The summed E-state index contributed by atoms with van der Waals surface area (Å²) in [7, 11) is 0. The molecule has 1 heterocycles. The Bertz CT molecular complexity index is 642. The molecule has 1 aliphatic heterocycles. The predicted molar refractivity (Wildman–Crippen MR) is 83.1 cm³/mol. The van der Waals surface area contributed by atoms with Crippen LogP contribution in [0, 0.1) is 10.1 Å². The third-order valence-electron chi connectivity index (χ3n) is 4.21. The van der Waals surface area contributed by atoms with E-state index in [4.69, 9.17) is 0 Å². The molecule has 0 aliphatic carbocycles. The fraction of sp³-hybridized carbons (Fsp3) is 0.294. The van der Waals surface area contributed by atoms with Crippen molar-refractivity contribution in [1.82, 2.24) is 0 Å². The maximum Gasteiger partial charge on any atom is 0.234 e. The molecule has 0 saturated heterocycles. The molecule has 2 atom stereocenters. The lowest BCUT2D eigenvalue weighted by molar-refractivity contribution is -0.522. The minimum atomic E-state index is -0.647. The number of benzene rings is 2. The molecule has 0 spiro atoms. The highest BCUT2D eigenvalue weighted by Gasteiger charge is 2.37. The summed E-state index contributed by atoms with van der Waals surface area (Å²) in [4.78, 5) is 13.3. The van der Waals surface area contributed by atoms with E-state index in [2.05, 4.69) is 11.0 Å². The van der Waals surface area contributed by atoms with Crippen LogP contribution in [0.15, 0.2) is 54.6 Å². The van der Waals surface area contributed by atoms with Crippen molar-refractivity contribution in [2.45, 2.75) is 25.4 Å². The van der Waals surface area contributed by atoms with Crippen LogP contribution in [-0.2, 0) is 6.42 Å². The topological polar surface area (TPSA) is 46.4 Å². The van der Waals surface area contributed by atoms with Crippen molar-refractivity contribution in [3.8, 4) is 0 Å². The zero-order chi connectivity index (χ0) is 14.8. The minimum absolute atomic E-state index is 0.178. The van der Waals surface area contributed by atoms with Crippen LogP contribution in [0.4, 0.5) is 5.69 Å². The van der Waals surface area contributed by atoms with Crippen molar-refractivity contribution in [1.29, 1.82) is 0 Å². The molecular weight excluding hydrogens is 264 g/mol. The molecule has 0 aromatic heterocycles. The van der Waals surface area contributed by atoms with E-state index in [0.29, 0.717) is 0 Å². The Hall–Kier alpha value is -2.36. The summed E-state index contributed by atoms with van der Waals surface area (Å²) in [5, 5.41) is 11.4. The van der Waals surface area contributed by atoms with Crippen LogP contribution in [0.25, 0.3) is 0 Å². The summed E-state index contributed by atoms with van der Waals surface area (Å²) in [6, 6.07) is 17.2. The van der Waals surface area contributed by atoms with Gasteiger partial charge in [0.25, 0.3) is 0 Å². The lowest BCUT2D eigenvalue weighted by Crippen LogP contribution is -2.43. The van der Waals surface area contributed by atoms with Crippen LogP contribution in [0.2, 0.25) is 0 Å². The molecule has 1 aliphatic rings. The highest BCUT2D eigenvalue weighted by molar-refractivity contribution is 5.52. The first-order valence-corrected chi connectivity index (χ1v) is 7.21. The average Bonchev–Trinajstić information content (AvgIpc) is 2.53. The van der Waals surface area contributed by atoms with Crippen molar-refractivity contribution in [3.05, 3.63) is 75.8 Å². The Kier molecular flexibility index (Phi) is 3.60. The summed E-state index contributed by atoms with van der Waals surface area (Å²) < 4.78 is 0. The van der Waals surface area contributed by atoms with Gasteiger partial charge >= 0.3 is 0 Å². The molecule has 0 fully saturated rings. The Morgan fingerprint density at radius 2 is 1.81 bits per heavy atom. The van der Waals surface area contributed by atoms with Crippen molar-refractivity contribution in [2.24, 2.45) is 0 Å². The highest BCUT2D eigenvalue weighted by Crippen LogP contribution is 2.36. The number of anilines is 1. The smallest absolute Gasteiger partial charge is 0.234 e. The molecule has 21 heavy (non-hydrogen) atoms. The van der Waals surface area contributed by atoms with Crippen molar-refractivity contribution >= 4 is 5.69 Å². The molecule has 108 valence electrons. The van der Waals surface area contributed by atoms with Gasteiger partial charge in [-0.3, -0.25) is 10.1 Å². The van der Waals surface area contributed by atoms with Gasteiger partial charge in [0.2, 0.25) is 6.04 Å². The number of nitrogens with zero attached hydrogens (tertiary/aromatic N) is 2. The number of para-hydroxylation sites is 1. The normalized spacial score (nSPS) is 18.9. The number of hydrogen-bond donors (Lipinski definition) is 0. The van der Waals surface area contributed by atoms with Crippen LogP contribution in [0.3, 0.4) is 0 Å². The molecule has 2 aromatic carbocycles. The van der Waals surface area contributed by atoms with Crippen molar-refractivity contribution in [2.75, 3.05) is 11.4 Å². The van der Waals surface area contributed by atoms with E-state index in [1.807, 2.05) is 48.5 Å². The van der Waals surface area contributed by atoms with E-state index in [-0.39, 0.29) is 11.0 Å². The maximum atomic E-state index is 11.4. The molecule has 1 unspecified atom stereocenters. The van der Waals surface area contributed by atoms with Crippen LogP contribution in [0.5, 0.6) is 0 Å². The Labute approximate surface area is 124 Å². The minimum Gasteiger partial charge on any atom is -0.358 e. The molecule has 0 saturated carbocycles. The van der Waals surface area contributed by atoms with E-state index in [9.17, 15) is 10.1 Å². The first-order chi connectivity index (χ1) is 10.2. The third kappa shape index (κ3) is 2.49. The third-order valence-corrected chi connectivity index (χ3v) is 4.21. The summed E-state index contributed by atoms with van der Waals surface area (Å²) in [5.41, 5.74) is 3.35. The molecule has 0 radical (unpaired) electrons. The molecule has 2 aromatic rings. The molecule has 3 rings (SSSR count). The second-order valence-corrected chi connectivity index (χ2v) is 5.45. The lowest BCUT2D eigenvalue weighted by atomic mass is 9.88. The number of hydrogen-bond acceptors (Lipinski definition) is 3. The van der Waals surface area contributed by atoms with Crippen LogP contribution in [-0.4, -0.2) is 17.5 Å². The Balaban J connectivity index is 2.07. The van der Waals surface area contributed by atoms with Gasteiger partial charge in [-0.25, -0.2) is 0 Å². The van der Waals surface area contributed by atoms with Gasteiger partial charge in [0.05, 0.1) is 0 Å². The van der Waals surface area contributed by atoms with Crippen molar-refractivity contribution in [3.63, 3.8) is 0 Å². The molecule has 0 N–H and O–H groups in total. The standard InChI is InChI=1S/C17H18N2O2/c1-13(19(20)21)17-16-10-6-5-7-14(16)11-12-18(17)15-8-3-2-4-9-15/h2-10,13,17H,11-12H2,1H3/t13?,17-/m0/s1. The fourth-order valence-electron chi connectivity index (χ4n) is 3.14. The Morgan fingerprint density at radius 1 is 1.14 bits per heavy atom. The van der Waals surface area contributed by atoms with Gasteiger partial charge < -0.3 is 4.90 Å². The first kappa shape index (κ1) is 13.6. The zero-order valence-electron chi connectivity index (χ0n) is 12.0. The number of nitro groups is 1. The van der Waals surface area contributed by atoms with E-state index in [1.165, 1.54) is 5.56 Å². The van der Waals surface area contributed by atoms with Crippen LogP contribution >= 0.6 is 0 Å². The summed E-state index contributed by atoms with van der Waals surface area (Å²) in [6.07, 6.45) is 0.923. The molecule has 0 bridgehead atoms. The summed E-state index contributed by atoms with van der Waals surface area (Å²) in [6.45, 7) is 2.51. The van der Waals surface area contributed by atoms with Gasteiger partial charge in [-0.2, -0.15) is 0 Å². The zero-order valence-corrected chi connectivity index (χ0v) is 12.0. The maximum absolute atomic E-state index is 11.4.